The van der Waals surface area contributed by atoms with E-state index in [1.807, 2.05) is 0 Å². The molecule has 0 fully saturated rings. The van der Waals surface area contributed by atoms with Crippen molar-refractivity contribution < 1.29 is 14.7 Å². The van der Waals surface area contributed by atoms with E-state index in [4.69, 9.17) is 34.0 Å². The van der Waals surface area contributed by atoms with Crippen LogP contribution in [-0.4, -0.2) is 22.9 Å². The standard InChI is InChI=1S/C8H7Cl2NO3S/c9-6-1-3(7(10)15-6)5(12)2-4(11)8(13)14/h1,4H,2,11H2,(H,13,14). The topological polar surface area (TPSA) is 80.4 Å². The van der Waals surface area contributed by atoms with E-state index >= 15 is 0 Å². The number of halogens is 2. The van der Waals surface area contributed by atoms with Gasteiger partial charge in [-0.25, -0.2) is 0 Å². The van der Waals surface area contributed by atoms with Crippen LogP contribution in [0.3, 0.4) is 0 Å². The highest BCUT2D eigenvalue weighted by atomic mass is 35.5. The van der Waals surface area contributed by atoms with Crippen molar-refractivity contribution in [1.82, 2.24) is 0 Å². The number of Topliss-reactive ketones (excluding diaryl/α,β-unsaturated/α-hetero) is 1. The van der Waals surface area contributed by atoms with Gasteiger partial charge >= 0.3 is 5.97 Å². The molecule has 0 aliphatic heterocycles. The SMILES string of the molecule is NC(CC(=O)c1cc(Cl)sc1Cl)C(=O)O. The van der Waals surface area contributed by atoms with Crippen molar-refractivity contribution in [1.29, 1.82) is 0 Å². The lowest BCUT2D eigenvalue weighted by atomic mass is 10.1. The van der Waals surface area contributed by atoms with Gasteiger partial charge in [-0.3, -0.25) is 9.59 Å². The number of thiophene rings is 1. The third-order valence-corrected chi connectivity index (χ3v) is 3.17. The molecule has 1 aromatic heterocycles. The summed E-state index contributed by atoms with van der Waals surface area (Å²) in [6.45, 7) is 0. The normalized spacial score (nSPS) is 12.5. The van der Waals surface area contributed by atoms with Gasteiger partial charge in [0.25, 0.3) is 0 Å². The van der Waals surface area contributed by atoms with E-state index in [9.17, 15) is 9.59 Å². The van der Waals surface area contributed by atoms with Gasteiger partial charge in [0, 0.05) is 12.0 Å². The van der Waals surface area contributed by atoms with Crippen molar-refractivity contribution in [2.75, 3.05) is 0 Å². The maximum Gasteiger partial charge on any atom is 0.320 e. The van der Waals surface area contributed by atoms with Crippen molar-refractivity contribution in [2.45, 2.75) is 12.5 Å². The van der Waals surface area contributed by atoms with E-state index in [1.54, 1.807) is 0 Å². The van der Waals surface area contributed by atoms with Gasteiger partial charge in [0.1, 0.15) is 10.4 Å². The molecule has 1 rings (SSSR count). The summed E-state index contributed by atoms with van der Waals surface area (Å²) < 4.78 is 0.634. The third-order valence-electron chi connectivity index (χ3n) is 1.68. The highest BCUT2D eigenvalue weighted by Crippen LogP contribution is 2.31. The fraction of sp³-hybridized carbons (Fsp3) is 0.250. The number of carbonyl (C=O) groups is 2. The number of carbonyl (C=O) groups excluding carboxylic acids is 1. The Bertz CT molecular complexity index is 405. The molecule has 0 radical (unpaired) electrons. The van der Waals surface area contributed by atoms with E-state index in [0.29, 0.717) is 4.34 Å². The van der Waals surface area contributed by atoms with Crippen LogP contribution in [0.2, 0.25) is 8.67 Å². The molecule has 0 amide bonds. The molecule has 1 atom stereocenters. The second kappa shape index (κ2) is 4.94. The minimum absolute atomic E-state index is 0.225. The summed E-state index contributed by atoms with van der Waals surface area (Å²) >= 11 is 12.4. The van der Waals surface area contributed by atoms with Crippen LogP contribution in [0.1, 0.15) is 16.8 Å². The molecule has 3 N–H and O–H groups in total. The van der Waals surface area contributed by atoms with Crippen molar-refractivity contribution in [2.24, 2.45) is 5.73 Å². The predicted octanol–water partition coefficient (Wildman–Crippen LogP) is 2.04. The van der Waals surface area contributed by atoms with Crippen LogP contribution >= 0.6 is 34.5 Å². The molecule has 0 aliphatic carbocycles. The van der Waals surface area contributed by atoms with Gasteiger partial charge in [-0.15, -0.1) is 11.3 Å². The molecule has 15 heavy (non-hydrogen) atoms. The van der Waals surface area contributed by atoms with E-state index < -0.39 is 17.8 Å². The number of carboxylic acids is 1. The number of hydrogen-bond acceptors (Lipinski definition) is 4. The van der Waals surface area contributed by atoms with Gasteiger partial charge in [-0.2, -0.15) is 0 Å². The molecule has 1 heterocycles. The summed E-state index contributed by atoms with van der Waals surface area (Å²) in [5, 5.41) is 8.52. The quantitative estimate of drug-likeness (QED) is 0.819. The maximum atomic E-state index is 11.5. The number of ketones is 1. The Morgan fingerprint density at radius 1 is 1.53 bits per heavy atom. The molecule has 0 saturated heterocycles. The summed E-state index contributed by atoms with van der Waals surface area (Å²) in [7, 11) is 0. The number of rotatable bonds is 4. The molecular weight excluding hydrogens is 261 g/mol. The van der Waals surface area contributed by atoms with Crippen LogP contribution in [-0.2, 0) is 4.79 Å². The number of carboxylic acid groups (broad SMARTS) is 1. The molecule has 1 unspecified atom stereocenters. The maximum absolute atomic E-state index is 11.5. The largest absolute Gasteiger partial charge is 0.480 e. The Morgan fingerprint density at radius 3 is 2.53 bits per heavy atom. The Kier molecular flexibility index (Phi) is 4.10. The Balaban J connectivity index is 2.77. The fourth-order valence-corrected chi connectivity index (χ4v) is 2.43. The number of nitrogens with two attached hydrogens (primary N) is 1. The summed E-state index contributed by atoms with van der Waals surface area (Å²) in [6.07, 6.45) is -0.290. The molecule has 1 aromatic rings. The molecule has 7 heteroatoms. The molecule has 0 spiro atoms. The molecule has 0 bridgehead atoms. The van der Waals surface area contributed by atoms with Gasteiger partial charge < -0.3 is 10.8 Å². The lowest BCUT2D eigenvalue weighted by molar-refractivity contribution is -0.138. The summed E-state index contributed by atoms with van der Waals surface area (Å²) in [6, 6.07) is 0.193. The van der Waals surface area contributed by atoms with Crippen molar-refractivity contribution in [3.8, 4) is 0 Å². The lowest BCUT2D eigenvalue weighted by Crippen LogP contribution is -2.32. The third kappa shape index (κ3) is 3.17. The summed E-state index contributed by atoms with van der Waals surface area (Å²) in [5.41, 5.74) is 5.44. The zero-order valence-corrected chi connectivity index (χ0v) is 9.70. The first kappa shape index (κ1) is 12.4. The Labute approximate surface area is 99.6 Å². The van der Waals surface area contributed by atoms with Crippen molar-refractivity contribution in [3.63, 3.8) is 0 Å². The van der Waals surface area contributed by atoms with Crippen LogP contribution in [0.4, 0.5) is 0 Å². The van der Waals surface area contributed by atoms with E-state index in [-0.39, 0.29) is 16.3 Å². The van der Waals surface area contributed by atoms with Gasteiger partial charge in [-0.1, -0.05) is 23.2 Å². The molecule has 0 aromatic carbocycles. The second-order valence-electron chi connectivity index (χ2n) is 2.81. The smallest absolute Gasteiger partial charge is 0.320 e. The van der Waals surface area contributed by atoms with E-state index in [1.165, 1.54) is 6.07 Å². The van der Waals surface area contributed by atoms with Crippen LogP contribution in [0.15, 0.2) is 6.07 Å². The zero-order chi connectivity index (χ0) is 11.6. The molecule has 0 aliphatic rings. The summed E-state index contributed by atoms with van der Waals surface area (Å²) in [4.78, 5) is 21.9. The van der Waals surface area contributed by atoms with Crippen molar-refractivity contribution in [3.05, 3.63) is 20.3 Å². The van der Waals surface area contributed by atoms with Crippen molar-refractivity contribution >= 4 is 46.3 Å². The van der Waals surface area contributed by atoms with E-state index in [0.717, 1.165) is 11.3 Å². The van der Waals surface area contributed by atoms with E-state index in [2.05, 4.69) is 0 Å². The molecule has 0 saturated carbocycles. The number of aliphatic carboxylic acids is 1. The van der Waals surface area contributed by atoms with Crippen LogP contribution in [0.25, 0.3) is 0 Å². The van der Waals surface area contributed by atoms with Crippen LogP contribution in [0.5, 0.6) is 0 Å². The lowest BCUT2D eigenvalue weighted by Gasteiger charge is -2.03. The Hall–Kier alpha value is -0.620. The average Bonchev–Trinajstić information content (AvgIpc) is 2.44. The first-order chi connectivity index (χ1) is 6.91. The van der Waals surface area contributed by atoms with Gasteiger partial charge in [0.05, 0.1) is 4.34 Å². The fourth-order valence-electron chi connectivity index (χ4n) is 0.927. The predicted molar refractivity (Wildman–Crippen MR) is 58.9 cm³/mol. The summed E-state index contributed by atoms with van der Waals surface area (Å²) in [5.74, 6) is -1.64. The van der Waals surface area contributed by atoms with Crippen LogP contribution in [0, 0.1) is 0 Å². The molecule has 82 valence electrons. The first-order valence-electron chi connectivity index (χ1n) is 3.88. The highest BCUT2D eigenvalue weighted by molar-refractivity contribution is 7.20. The van der Waals surface area contributed by atoms with Gasteiger partial charge in [-0.05, 0) is 6.07 Å². The minimum Gasteiger partial charge on any atom is -0.480 e. The number of hydrogen-bond donors (Lipinski definition) is 2. The minimum atomic E-state index is -1.22. The monoisotopic (exact) mass is 267 g/mol. The molecular formula is C8H7Cl2NO3S. The zero-order valence-electron chi connectivity index (χ0n) is 7.37. The van der Waals surface area contributed by atoms with Gasteiger partial charge in [0.2, 0.25) is 0 Å². The second-order valence-corrected chi connectivity index (χ2v) is 5.10. The Morgan fingerprint density at radius 2 is 2.13 bits per heavy atom. The van der Waals surface area contributed by atoms with Crippen LogP contribution < -0.4 is 5.73 Å². The highest BCUT2D eigenvalue weighted by Gasteiger charge is 2.20. The first-order valence-corrected chi connectivity index (χ1v) is 5.45. The molecule has 4 nitrogen and oxygen atoms in total. The average molecular weight is 268 g/mol. The van der Waals surface area contributed by atoms with Gasteiger partial charge in [0.15, 0.2) is 5.78 Å².